The first kappa shape index (κ1) is 18.6. The van der Waals surface area contributed by atoms with E-state index in [-0.39, 0.29) is 11.0 Å². The zero-order valence-corrected chi connectivity index (χ0v) is 16.5. The summed E-state index contributed by atoms with van der Waals surface area (Å²) in [7, 11) is 0. The second kappa shape index (κ2) is 7.98. The predicted octanol–water partition coefficient (Wildman–Crippen LogP) is 4.43. The van der Waals surface area contributed by atoms with E-state index in [4.69, 9.17) is 12.2 Å². The number of aryl methyl sites for hydroxylation is 1. The highest BCUT2D eigenvalue weighted by Crippen LogP contribution is 2.39. The number of anilines is 1. The van der Waals surface area contributed by atoms with E-state index < -0.39 is 0 Å². The zero-order valence-electron chi connectivity index (χ0n) is 14.9. The van der Waals surface area contributed by atoms with Gasteiger partial charge in [-0.3, -0.25) is 10.1 Å². The summed E-state index contributed by atoms with van der Waals surface area (Å²) in [5.41, 5.74) is 3.55. The molecule has 0 bridgehead atoms. The van der Waals surface area contributed by atoms with Crippen LogP contribution in [0.15, 0.2) is 24.3 Å². The molecule has 2 N–H and O–H groups in total. The average Bonchev–Trinajstić information content (AvgIpc) is 2.97. The number of benzene rings is 1. The summed E-state index contributed by atoms with van der Waals surface area (Å²) in [6.07, 6.45) is 3.97. The van der Waals surface area contributed by atoms with Crippen LogP contribution in [0.2, 0.25) is 0 Å². The Balaban J connectivity index is 1.70. The Morgan fingerprint density at radius 2 is 2.12 bits per heavy atom. The van der Waals surface area contributed by atoms with Gasteiger partial charge < -0.3 is 5.32 Å². The highest BCUT2D eigenvalue weighted by molar-refractivity contribution is 7.80. The lowest BCUT2D eigenvalue weighted by Gasteiger charge is -2.17. The van der Waals surface area contributed by atoms with Crippen LogP contribution in [-0.2, 0) is 19.3 Å². The Hall–Kier alpha value is -2.23. The second-order valence-electron chi connectivity index (χ2n) is 6.63. The summed E-state index contributed by atoms with van der Waals surface area (Å²) in [6, 6.07) is 9.76. The monoisotopic (exact) mass is 383 g/mol. The number of thiophene rings is 1. The number of fused-ring (bicyclic) bond motifs is 1. The minimum atomic E-state index is -0.251. The van der Waals surface area contributed by atoms with Crippen LogP contribution in [0.4, 0.5) is 5.00 Å². The summed E-state index contributed by atoms with van der Waals surface area (Å²) < 4.78 is 0. The number of thiocarbonyl (C=S) groups is 1. The zero-order chi connectivity index (χ0) is 18.7. The van der Waals surface area contributed by atoms with Crippen LogP contribution in [0.25, 0.3) is 0 Å². The molecule has 1 aromatic heterocycles. The maximum Gasteiger partial charge on any atom is 0.257 e. The van der Waals surface area contributed by atoms with Gasteiger partial charge in [-0.25, -0.2) is 0 Å². The van der Waals surface area contributed by atoms with Gasteiger partial charge in [0.05, 0.1) is 5.56 Å². The number of carbonyl (C=O) groups is 1. The third-order valence-electron chi connectivity index (χ3n) is 4.70. The number of rotatable bonds is 3. The fourth-order valence-corrected chi connectivity index (χ4v) is 4.78. The first-order chi connectivity index (χ1) is 12.5. The average molecular weight is 384 g/mol. The fraction of sp³-hybridized carbons (Fsp3) is 0.350. The van der Waals surface area contributed by atoms with Crippen LogP contribution in [0.1, 0.15) is 52.2 Å². The number of hydrogen-bond donors (Lipinski definition) is 2. The van der Waals surface area contributed by atoms with E-state index in [1.807, 2.05) is 12.1 Å². The highest BCUT2D eigenvalue weighted by Gasteiger charge is 2.24. The van der Waals surface area contributed by atoms with Crippen molar-refractivity contribution < 1.29 is 4.79 Å². The Morgan fingerprint density at radius 3 is 2.77 bits per heavy atom. The van der Waals surface area contributed by atoms with Gasteiger partial charge in [-0.15, -0.1) is 11.3 Å². The van der Waals surface area contributed by atoms with E-state index in [1.54, 1.807) is 23.5 Å². The third-order valence-corrected chi connectivity index (χ3v) is 6.08. The van der Waals surface area contributed by atoms with Crippen molar-refractivity contribution in [1.82, 2.24) is 5.32 Å². The van der Waals surface area contributed by atoms with Crippen LogP contribution in [0, 0.1) is 17.2 Å². The fourth-order valence-electron chi connectivity index (χ4n) is 3.16. The van der Waals surface area contributed by atoms with E-state index in [0.717, 1.165) is 36.2 Å². The van der Waals surface area contributed by atoms with Gasteiger partial charge in [0.25, 0.3) is 5.91 Å². The molecule has 26 heavy (non-hydrogen) atoms. The van der Waals surface area contributed by atoms with Gasteiger partial charge in [-0.2, -0.15) is 5.26 Å². The molecular formula is C20H21N3OS2. The van der Waals surface area contributed by atoms with Gasteiger partial charge >= 0.3 is 0 Å². The highest BCUT2D eigenvalue weighted by atomic mass is 32.1. The van der Waals surface area contributed by atoms with E-state index in [1.165, 1.54) is 10.4 Å². The Kier molecular flexibility index (Phi) is 5.70. The Labute approximate surface area is 163 Å². The molecule has 134 valence electrons. The molecule has 0 radical (unpaired) electrons. The minimum Gasteiger partial charge on any atom is -0.323 e. The molecular weight excluding hydrogens is 362 g/mol. The second-order valence-corrected chi connectivity index (χ2v) is 8.14. The molecule has 3 rings (SSSR count). The van der Waals surface area contributed by atoms with Gasteiger partial charge in [0, 0.05) is 10.4 Å². The van der Waals surface area contributed by atoms with E-state index in [2.05, 4.69) is 30.6 Å². The largest absolute Gasteiger partial charge is 0.323 e. The molecule has 1 aromatic carbocycles. The molecule has 2 aromatic rings. The minimum absolute atomic E-state index is 0.220. The maximum absolute atomic E-state index is 12.3. The lowest BCUT2D eigenvalue weighted by molar-refractivity contribution is 0.0977. The van der Waals surface area contributed by atoms with Gasteiger partial charge in [0.1, 0.15) is 11.1 Å². The summed E-state index contributed by atoms with van der Waals surface area (Å²) in [4.78, 5) is 13.6. The van der Waals surface area contributed by atoms with Crippen molar-refractivity contribution in [2.45, 2.75) is 39.5 Å². The normalized spacial score (nSPS) is 15.7. The number of nitrogens with one attached hydrogen (secondary N) is 2. The molecule has 4 nitrogen and oxygen atoms in total. The standard InChI is InChI=1S/C20H21N3OS2/c1-3-13-5-7-14(8-6-13)18(24)22-20(25)23-19-16(11-21)15-9-4-12(2)10-17(15)26-19/h5-8,12H,3-4,9-10H2,1-2H3,(H2,22,23,24,25)/t12-/m1/s1. The van der Waals surface area contributed by atoms with Gasteiger partial charge in [-0.05, 0) is 67.1 Å². The smallest absolute Gasteiger partial charge is 0.257 e. The lowest BCUT2D eigenvalue weighted by atomic mass is 9.89. The SMILES string of the molecule is CCc1ccc(C(=O)NC(=S)Nc2sc3c(c2C#N)CC[C@@H](C)C3)cc1. The molecule has 1 amide bonds. The topological polar surface area (TPSA) is 64.9 Å². The molecule has 0 spiro atoms. The molecule has 0 unspecified atom stereocenters. The third kappa shape index (κ3) is 3.95. The molecule has 0 aliphatic heterocycles. The summed E-state index contributed by atoms with van der Waals surface area (Å²) in [5.74, 6) is 0.386. The van der Waals surface area contributed by atoms with Crippen molar-refractivity contribution in [3.05, 3.63) is 51.4 Å². The summed E-state index contributed by atoms with van der Waals surface area (Å²) in [6.45, 7) is 4.30. The van der Waals surface area contributed by atoms with Crippen molar-refractivity contribution in [2.75, 3.05) is 5.32 Å². The number of nitriles is 1. The Morgan fingerprint density at radius 1 is 1.38 bits per heavy atom. The van der Waals surface area contributed by atoms with E-state index in [0.29, 0.717) is 17.0 Å². The van der Waals surface area contributed by atoms with E-state index in [9.17, 15) is 10.1 Å². The van der Waals surface area contributed by atoms with Crippen LogP contribution in [-0.4, -0.2) is 11.0 Å². The first-order valence-corrected chi connectivity index (χ1v) is 10.00. The maximum atomic E-state index is 12.3. The van der Waals surface area contributed by atoms with Gasteiger partial charge in [0.15, 0.2) is 5.11 Å². The number of amides is 1. The van der Waals surface area contributed by atoms with Crippen molar-refractivity contribution in [2.24, 2.45) is 5.92 Å². The molecule has 0 fully saturated rings. The van der Waals surface area contributed by atoms with Crippen LogP contribution in [0.3, 0.4) is 0 Å². The molecule has 1 aliphatic carbocycles. The van der Waals surface area contributed by atoms with E-state index >= 15 is 0 Å². The summed E-state index contributed by atoms with van der Waals surface area (Å²) >= 11 is 6.86. The van der Waals surface area contributed by atoms with Crippen LogP contribution in [0.5, 0.6) is 0 Å². The number of hydrogen-bond acceptors (Lipinski definition) is 4. The van der Waals surface area contributed by atoms with Crippen molar-refractivity contribution in [3.63, 3.8) is 0 Å². The van der Waals surface area contributed by atoms with Crippen LogP contribution < -0.4 is 10.6 Å². The first-order valence-electron chi connectivity index (χ1n) is 8.77. The van der Waals surface area contributed by atoms with Crippen molar-refractivity contribution in [3.8, 4) is 6.07 Å². The quantitative estimate of drug-likeness (QED) is 0.770. The summed E-state index contributed by atoms with van der Waals surface area (Å²) in [5, 5.41) is 16.2. The number of nitrogens with zero attached hydrogens (tertiary/aromatic N) is 1. The molecule has 6 heteroatoms. The molecule has 0 saturated heterocycles. The van der Waals surface area contributed by atoms with Crippen molar-refractivity contribution in [1.29, 1.82) is 5.26 Å². The number of carbonyl (C=O) groups excluding carboxylic acids is 1. The van der Waals surface area contributed by atoms with Gasteiger partial charge in [-0.1, -0.05) is 26.0 Å². The van der Waals surface area contributed by atoms with Gasteiger partial charge in [0.2, 0.25) is 0 Å². The molecule has 1 aliphatic rings. The molecule has 1 heterocycles. The lowest BCUT2D eigenvalue weighted by Crippen LogP contribution is -2.34. The Bertz CT molecular complexity index is 878. The van der Waals surface area contributed by atoms with Crippen molar-refractivity contribution >= 4 is 39.6 Å². The molecule has 1 atom stereocenters. The van der Waals surface area contributed by atoms with Crippen LogP contribution >= 0.6 is 23.6 Å². The molecule has 0 saturated carbocycles. The predicted molar refractivity (Wildman–Crippen MR) is 110 cm³/mol.